The molecule has 4 rings (SSSR count). The normalized spacial score (nSPS) is 21.1. The number of hydrogen-bond acceptors (Lipinski definition) is 3. The van der Waals surface area contributed by atoms with Crippen LogP contribution in [0.25, 0.3) is 0 Å². The highest BCUT2D eigenvalue weighted by atomic mass is 16.7. The molecule has 0 radical (unpaired) electrons. The van der Waals surface area contributed by atoms with E-state index in [-0.39, 0.29) is 0 Å². The zero-order valence-corrected chi connectivity index (χ0v) is 11.0. The first-order valence-electron chi connectivity index (χ1n) is 6.91. The zero-order valence-electron chi connectivity index (χ0n) is 11.0. The minimum Gasteiger partial charge on any atom is -0.618 e. The summed E-state index contributed by atoms with van der Waals surface area (Å²) >= 11 is 0. The fourth-order valence-electron chi connectivity index (χ4n) is 2.58. The quantitative estimate of drug-likeness (QED) is 0.622. The van der Waals surface area contributed by atoms with E-state index < -0.39 is 6.29 Å². The number of pyridine rings is 1. The molecule has 1 aromatic carbocycles. The summed E-state index contributed by atoms with van der Waals surface area (Å²) in [6, 6.07) is 13.5. The highest BCUT2D eigenvalue weighted by Crippen LogP contribution is 2.40. The maximum atomic E-state index is 12.3. The van der Waals surface area contributed by atoms with Crippen molar-refractivity contribution < 1.29 is 14.2 Å². The Morgan fingerprint density at radius 3 is 2.60 bits per heavy atom. The molecule has 1 fully saturated rings. The summed E-state index contributed by atoms with van der Waals surface area (Å²) in [6.45, 7) is 0.291. The van der Waals surface area contributed by atoms with E-state index in [0.29, 0.717) is 24.0 Å². The molecule has 1 unspecified atom stereocenters. The van der Waals surface area contributed by atoms with E-state index in [4.69, 9.17) is 9.47 Å². The Labute approximate surface area is 117 Å². The second-order valence-electron chi connectivity index (χ2n) is 5.31. The van der Waals surface area contributed by atoms with Gasteiger partial charge >= 0.3 is 0 Å². The van der Waals surface area contributed by atoms with Crippen LogP contribution in [0, 0.1) is 5.21 Å². The monoisotopic (exact) mass is 269 g/mol. The van der Waals surface area contributed by atoms with Crippen LogP contribution in [-0.2, 0) is 11.3 Å². The van der Waals surface area contributed by atoms with Crippen LogP contribution in [0.5, 0.6) is 5.75 Å². The zero-order chi connectivity index (χ0) is 13.5. The van der Waals surface area contributed by atoms with E-state index in [9.17, 15) is 5.21 Å². The molecule has 0 amide bonds. The summed E-state index contributed by atoms with van der Waals surface area (Å²) in [7, 11) is 0. The lowest BCUT2D eigenvalue weighted by Crippen LogP contribution is -2.39. The van der Waals surface area contributed by atoms with Crippen LogP contribution in [0.2, 0.25) is 0 Å². The van der Waals surface area contributed by atoms with Crippen LogP contribution >= 0.6 is 0 Å². The molecule has 0 spiro atoms. The predicted molar refractivity (Wildman–Crippen MR) is 72.0 cm³/mol. The molecular formula is C16H15NO3. The minimum absolute atomic E-state index is 0.291. The summed E-state index contributed by atoms with van der Waals surface area (Å²) in [5.41, 5.74) is 2.39. The van der Waals surface area contributed by atoms with E-state index in [2.05, 4.69) is 0 Å². The Morgan fingerprint density at radius 1 is 1.05 bits per heavy atom. The van der Waals surface area contributed by atoms with Crippen molar-refractivity contribution >= 4 is 0 Å². The molecule has 1 aromatic heterocycles. The first-order valence-corrected chi connectivity index (χ1v) is 6.91. The predicted octanol–water partition coefficient (Wildman–Crippen LogP) is 2.81. The highest BCUT2D eigenvalue weighted by molar-refractivity contribution is 5.29. The number of aromatic nitrogens is 1. The van der Waals surface area contributed by atoms with Crippen molar-refractivity contribution in [2.45, 2.75) is 31.7 Å². The molecule has 0 N–H and O–H groups in total. The summed E-state index contributed by atoms with van der Waals surface area (Å²) in [6.07, 6.45) is 1.78. The van der Waals surface area contributed by atoms with Gasteiger partial charge in [0.15, 0.2) is 11.4 Å². The molecule has 1 aliphatic heterocycles. The number of rotatable bonds is 2. The third kappa shape index (κ3) is 1.93. The maximum absolute atomic E-state index is 12.3. The van der Waals surface area contributed by atoms with Crippen molar-refractivity contribution in [2.75, 3.05) is 0 Å². The van der Waals surface area contributed by atoms with Crippen molar-refractivity contribution in [3.63, 3.8) is 0 Å². The standard InChI is InChI=1S/C16H15NO3/c18-17-13(11-6-7-11)8-9-15-14(17)10-19-16(20-15)12-4-2-1-3-5-12/h1-5,8-9,11,16H,6-7,10H2. The van der Waals surface area contributed by atoms with Crippen molar-refractivity contribution in [2.24, 2.45) is 0 Å². The molecule has 2 heterocycles. The Kier molecular flexibility index (Phi) is 2.63. The van der Waals surface area contributed by atoms with Gasteiger partial charge in [-0.3, -0.25) is 0 Å². The van der Waals surface area contributed by atoms with Gasteiger partial charge in [-0.25, -0.2) is 0 Å². The number of ether oxygens (including phenoxy) is 2. The fourth-order valence-corrected chi connectivity index (χ4v) is 2.58. The van der Waals surface area contributed by atoms with Crippen molar-refractivity contribution in [3.8, 4) is 5.75 Å². The lowest BCUT2D eigenvalue weighted by Gasteiger charge is -2.25. The molecule has 2 aliphatic rings. The Bertz CT molecular complexity index is 638. The van der Waals surface area contributed by atoms with Gasteiger partial charge in [0.05, 0.1) is 0 Å². The van der Waals surface area contributed by atoms with E-state index >= 15 is 0 Å². The lowest BCUT2D eigenvalue weighted by molar-refractivity contribution is -0.627. The summed E-state index contributed by atoms with van der Waals surface area (Å²) in [4.78, 5) is 0. The second kappa shape index (κ2) is 4.49. The number of nitrogens with zero attached hydrogens (tertiary/aromatic N) is 1. The van der Waals surface area contributed by atoms with Crippen LogP contribution in [-0.4, -0.2) is 0 Å². The minimum atomic E-state index is -0.435. The van der Waals surface area contributed by atoms with Gasteiger partial charge in [0.25, 0.3) is 5.69 Å². The van der Waals surface area contributed by atoms with Gasteiger partial charge in [0.1, 0.15) is 6.61 Å². The first kappa shape index (κ1) is 11.7. The van der Waals surface area contributed by atoms with Crippen molar-refractivity contribution in [1.29, 1.82) is 0 Å². The molecular weight excluding hydrogens is 254 g/mol. The van der Waals surface area contributed by atoms with Gasteiger partial charge in [0.2, 0.25) is 6.29 Å². The van der Waals surface area contributed by atoms with Crippen LogP contribution in [0.4, 0.5) is 0 Å². The number of fused-ring (bicyclic) bond motifs is 1. The molecule has 20 heavy (non-hydrogen) atoms. The lowest BCUT2D eigenvalue weighted by atomic mass is 10.2. The van der Waals surface area contributed by atoms with Gasteiger partial charge in [-0.15, -0.1) is 0 Å². The van der Waals surface area contributed by atoms with E-state index in [0.717, 1.165) is 28.8 Å². The molecule has 0 bridgehead atoms. The van der Waals surface area contributed by atoms with Gasteiger partial charge in [0, 0.05) is 17.5 Å². The molecule has 102 valence electrons. The van der Waals surface area contributed by atoms with E-state index in [1.807, 2.05) is 42.5 Å². The van der Waals surface area contributed by atoms with Crippen molar-refractivity contribution in [3.05, 3.63) is 64.6 Å². The van der Waals surface area contributed by atoms with E-state index in [1.54, 1.807) is 0 Å². The van der Waals surface area contributed by atoms with Crippen molar-refractivity contribution in [1.82, 2.24) is 0 Å². The largest absolute Gasteiger partial charge is 0.618 e. The molecule has 4 nitrogen and oxygen atoms in total. The molecule has 1 atom stereocenters. The Morgan fingerprint density at radius 2 is 1.85 bits per heavy atom. The fraction of sp³-hybridized carbons (Fsp3) is 0.312. The third-order valence-corrected chi connectivity index (χ3v) is 3.84. The van der Waals surface area contributed by atoms with Gasteiger partial charge in [-0.2, -0.15) is 4.73 Å². The van der Waals surface area contributed by atoms with Gasteiger partial charge in [-0.1, -0.05) is 30.3 Å². The van der Waals surface area contributed by atoms with Gasteiger partial charge < -0.3 is 14.7 Å². The first-order chi connectivity index (χ1) is 9.83. The number of benzene rings is 1. The average molecular weight is 269 g/mol. The van der Waals surface area contributed by atoms with Crippen LogP contribution < -0.4 is 9.47 Å². The molecule has 0 saturated heterocycles. The second-order valence-corrected chi connectivity index (χ2v) is 5.31. The topological polar surface area (TPSA) is 45.4 Å². The molecule has 1 aliphatic carbocycles. The van der Waals surface area contributed by atoms with Crippen LogP contribution in [0.15, 0.2) is 42.5 Å². The average Bonchev–Trinajstić information content (AvgIpc) is 3.33. The smallest absolute Gasteiger partial charge is 0.261 e. The summed E-state index contributed by atoms with van der Waals surface area (Å²) < 4.78 is 12.5. The number of hydrogen-bond donors (Lipinski definition) is 0. The maximum Gasteiger partial charge on any atom is 0.261 e. The summed E-state index contributed by atoms with van der Waals surface area (Å²) in [5, 5.41) is 12.3. The van der Waals surface area contributed by atoms with E-state index in [1.165, 1.54) is 0 Å². The summed E-state index contributed by atoms with van der Waals surface area (Å²) in [5.74, 6) is 1.05. The van der Waals surface area contributed by atoms with Gasteiger partial charge in [-0.05, 0) is 18.9 Å². The van der Waals surface area contributed by atoms with Crippen LogP contribution in [0.3, 0.4) is 0 Å². The molecule has 1 saturated carbocycles. The Balaban J connectivity index is 1.65. The third-order valence-electron chi connectivity index (χ3n) is 3.84. The molecule has 4 heteroatoms. The van der Waals surface area contributed by atoms with Crippen LogP contribution in [0.1, 0.15) is 42.0 Å². The molecule has 2 aromatic rings. The SMILES string of the molecule is [O-][n+]1c(C2CC2)ccc2c1COC(c1ccccc1)O2. The highest BCUT2D eigenvalue weighted by Gasteiger charge is 2.35. The Hall–Kier alpha value is -2.07.